The molecule has 0 saturated carbocycles. The topological polar surface area (TPSA) is 118 Å². The summed E-state index contributed by atoms with van der Waals surface area (Å²) in [5.41, 5.74) is 4.37. The summed E-state index contributed by atoms with van der Waals surface area (Å²) in [4.78, 5) is 35.7. The fraction of sp³-hybridized carbons (Fsp3) is 0.273. The molecule has 0 unspecified atom stereocenters. The van der Waals surface area contributed by atoms with E-state index in [1.807, 2.05) is 25.1 Å². The predicted molar refractivity (Wildman–Crippen MR) is 125 cm³/mol. The van der Waals surface area contributed by atoms with Crippen molar-refractivity contribution in [1.82, 2.24) is 10.7 Å². The second-order valence-electron chi connectivity index (χ2n) is 6.69. The highest BCUT2D eigenvalue weighted by Gasteiger charge is 2.12. The number of rotatable bonds is 10. The molecule has 0 bridgehead atoms. The summed E-state index contributed by atoms with van der Waals surface area (Å²) in [7, 11) is 1.56. The van der Waals surface area contributed by atoms with Crippen LogP contribution in [0.3, 0.4) is 0 Å². The zero-order valence-electron chi connectivity index (χ0n) is 17.8. The molecule has 0 atom stereocenters. The van der Waals surface area contributed by atoms with Gasteiger partial charge < -0.3 is 20.1 Å². The first-order valence-corrected chi connectivity index (χ1v) is 10.6. The third-order valence-electron chi connectivity index (χ3n) is 4.02. The van der Waals surface area contributed by atoms with Gasteiger partial charge >= 0.3 is 11.8 Å². The Bertz CT molecular complexity index is 981. The average Bonchev–Trinajstić information content (AvgIpc) is 2.76. The van der Waals surface area contributed by atoms with Crippen molar-refractivity contribution in [2.75, 3.05) is 32.2 Å². The van der Waals surface area contributed by atoms with Crippen molar-refractivity contribution in [3.05, 3.63) is 58.1 Å². The number of amides is 3. The SMILES string of the molecule is COCCCNC(=O)C(=O)N/N=C\c1cc(Br)ccc1OCC(=O)Nc1cccc(C)c1. The summed E-state index contributed by atoms with van der Waals surface area (Å²) in [6.07, 6.45) is 1.92. The number of carbonyl (C=O) groups excluding carboxylic acids is 3. The fourth-order valence-electron chi connectivity index (χ4n) is 2.52. The van der Waals surface area contributed by atoms with E-state index in [1.165, 1.54) is 6.21 Å². The molecule has 3 N–H and O–H groups in total. The summed E-state index contributed by atoms with van der Waals surface area (Å²) < 4.78 is 11.2. The lowest BCUT2D eigenvalue weighted by atomic mass is 10.2. The van der Waals surface area contributed by atoms with Gasteiger partial charge in [-0.1, -0.05) is 28.1 Å². The first kappa shape index (κ1) is 25.0. The maximum atomic E-state index is 12.2. The average molecular weight is 505 g/mol. The number of hydrogen-bond acceptors (Lipinski definition) is 6. The van der Waals surface area contributed by atoms with E-state index < -0.39 is 11.8 Å². The number of hydrogen-bond donors (Lipinski definition) is 3. The maximum Gasteiger partial charge on any atom is 0.329 e. The second-order valence-corrected chi connectivity index (χ2v) is 7.61. The van der Waals surface area contributed by atoms with Crippen LogP contribution in [0.4, 0.5) is 5.69 Å². The molecule has 0 radical (unpaired) electrons. The van der Waals surface area contributed by atoms with Gasteiger partial charge in [0, 0.05) is 36.0 Å². The van der Waals surface area contributed by atoms with Crippen molar-refractivity contribution in [3.8, 4) is 5.75 Å². The Kier molecular flexibility index (Phi) is 10.3. The number of aryl methyl sites for hydroxylation is 1. The number of carbonyl (C=O) groups is 3. The normalized spacial score (nSPS) is 10.6. The zero-order chi connectivity index (χ0) is 23.3. The number of hydrazone groups is 1. The molecule has 32 heavy (non-hydrogen) atoms. The molecule has 0 aliphatic rings. The molecule has 10 heteroatoms. The molecule has 2 aromatic rings. The van der Waals surface area contributed by atoms with E-state index in [-0.39, 0.29) is 12.5 Å². The van der Waals surface area contributed by atoms with Gasteiger partial charge in [-0.3, -0.25) is 14.4 Å². The van der Waals surface area contributed by atoms with Gasteiger partial charge in [0.2, 0.25) is 0 Å². The van der Waals surface area contributed by atoms with Crippen LogP contribution in [0.1, 0.15) is 17.5 Å². The second kappa shape index (κ2) is 13.2. The molecule has 3 amide bonds. The van der Waals surface area contributed by atoms with Crippen molar-refractivity contribution in [3.63, 3.8) is 0 Å². The molecule has 0 aliphatic heterocycles. The number of anilines is 1. The van der Waals surface area contributed by atoms with Gasteiger partial charge in [-0.05, 0) is 49.2 Å². The van der Waals surface area contributed by atoms with Crippen molar-refractivity contribution >= 4 is 45.6 Å². The molecule has 0 aliphatic carbocycles. The number of ether oxygens (including phenoxy) is 2. The lowest BCUT2D eigenvalue weighted by molar-refractivity contribution is -0.139. The first-order chi connectivity index (χ1) is 15.4. The van der Waals surface area contributed by atoms with Crippen LogP contribution in [0.25, 0.3) is 0 Å². The van der Waals surface area contributed by atoms with Crippen LogP contribution in [-0.4, -0.2) is 50.8 Å². The summed E-state index contributed by atoms with van der Waals surface area (Å²) >= 11 is 3.35. The number of benzene rings is 2. The molecular formula is C22H25BrN4O5. The molecule has 2 rings (SSSR count). The monoisotopic (exact) mass is 504 g/mol. The first-order valence-electron chi connectivity index (χ1n) is 9.78. The smallest absolute Gasteiger partial charge is 0.329 e. The van der Waals surface area contributed by atoms with Crippen molar-refractivity contribution in [2.45, 2.75) is 13.3 Å². The van der Waals surface area contributed by atoms with Crippen LogP contribution >= 0.6 is 15.9 Å². The van der Waals surface area contributed by atoms with Crippen molar-refractivity contribution < 1.29 is 23.9 Å². The highest BCUT2D eigenvalue weighted by molar-refractivity contribution is 9.10. The Morgan fingerprint density at radius 2 is 1.94 bits per heavy atom. The van der Waals surface area contributed by atoms with Gasteiger partial charge in [0.15, 0.2) is 6.61 Å². The molecule has 0 saturated heterocycles. The van der Waals surface area contributed by atoms with E-state index in [1.54, 1.807) is 31.4 Å². The van der Waals surface area contributed by atoms with Gasteiger partial charge in [-0.15, -0.1) is 0 Å². The summed E-state index contributed by atoms with van der Waals surface area (Å²) in [6.45, 7) is 2.52. The van der Waals surface area contributed by atoms with Crippen molar-refractivity contribution in [2.24, 2.45) is 5.10 Å². The van der Waals surface area contributed by atoms with E-state index in [0.717, 1.165) is 10.0 Å². The Hall–Kier alpha value is -3.24. The van der Waals surface area contributed by atoms with E-state index >= 15 is 0 Å². The quantitative estimate of drug-likeness (QED) is 0.198. The minimum absolute atomic E-state index is 0.216. The summed E-state index contributed by atoms with van der Waals surface area (Å²) in [6, 6.07) is 12.5. The minimum atomic E-state index is -0.895. The Morgan fingerprint density at radius 3 is 2.69 bits per heavy atom. The zero-order valence-corrected chi connectivity index (χ0v) is 19.4. The molecule has 0 aromatic heterocycles. The van der Waals surface area contributed by atoms with E-state index in [0.29, 0.717) is 36.6 Å². The molecule has 0 spiro atoms. The minimum Gasteiger partial charge on any atom is -0.483 e. The van der Waals surface area contributed by atoms with E-state index in [2.05, 4.69) is 37.1 Å². The Labute approximate surface area is 194 Å². The highest BCUT2D eigenvalue weighted by atomic mass is 79.9. The van der Waals surface area contributed by atoms with Crippen LogP contribution < -0.4 is 20.8 Å². The number of halogens is 1. The van der Waals surface area contributed by atoms with Crippen molar-refractivity contribution in [1.29, 1.82) is 0 Å². The lowest BCUT2D eigenvalue weighted by Crippen LogP contribution is -2.38. The third kappa shape index (κ3) is 8.86. The summed E-state index contributed by atoms with van der Waals surface area (Å²) in [5, 5.41) is 9.03. The molecule has 0 heterocycles. The molecule has 9 nitrogen and oxygen atoms in total. The Balaban J connectivity index is 1.91. The van der Waals surface area contributed by atoms with Gasteiger partial charge in [-0.2, -0.15) is 5.10 Å². The van der Waals surface area contributed by atoms with Crippen LogP contribution in [0, 0.1) is 6.92 Å². The molecule has 2 aromatic carbocycles. The van der Waals surface area contributed by atoms with E-state index in [9.17, 15) is 14.4 Å². The summed E-state index contributed by atoms with van der Waals surface area (Å²) in [5.74, 6) is -1.63. The van der Waals surface area contributed by atoms with Crippen LogP contribution in [0.5, 0.6) is 5.75 Å². The van der Waals surface area contributed by atoms with Crippen LogP contribution in [-0.2, 0) is 19.1 Å². The standard InChI is InChI=1S/C22H25BrN4O5/c1-15-5-3-6-18(11-15)26-20(28)14-32-19-8-7-17(23)12-16(19)13-25-27-22(30)21(29)24-9-4-10-31-2/h3,5-8,11-13H,4,9-10,14H2,1-2H3,(H,24,29)(H,26,28)(H,27,30)/b25-13-. The number of methoxy groups -OCH3 is 1. The predicted octanol–water partition coefficient (Wildman–Crippen LogP) is 2.38. The maximum absolute atomic E-state index is 12.2. The Morgan fingerprint density at radius 1 is 1.12 bits per heavy atom. The van der Waals surface area contributed by atoms with Crippen LogP contribution in [0.15, 0.2) is 52.0 Å². The molecule has 170 valence electrons. The molecule has 0 fully saturated rings. The van der Waals surface area contributed by atoms with Gasteiger partial charge in [0.25, 0.3) is 5.91 Å². The lowest BCUT2D eigenvalue weighted by Gasteiger charge is -2.10. The van der Waals surface area contributed by atoms with Crippen LogP contribution in [0.2, 0.25) is 0 Å². The fourth-order valence-corrected chi connectivity index (χ4v) is 2.90. The molecular weight excluding hydrogens is 480 g/mol. The largest absolute Gasteiger partial charge is 0.483 e. The van der Waals surface area contributed by atoms with Gasteiger partial charge in [-0.25, -0.2) is 5.43 Å². The van der Waals surface area contributed by atoms with Gasteiger partial charge in [0.05, 0.1) is 6.21 Å². The van der Waals surface area contributed by atoms with E-state index in [4.69, 9.17) is 9.47 Å². The third-order valence-corrected chi connectivity index (χ3v) is 4.51. The number of nitrogens with one attached hydrogen (secondary N) is 3. The number of nitrogens with zero attached hydrogens (tertiary/aromatic N) is 1. The highest BCUT2D eigenvalue weighted by Crippen LogP contribution is 2.22. The van der Waals surface area contributed by atoms with Gasteiger partial charge in [0.1, 0.15) is 5.75 Å².